The number of carbonyl (C=O) groups excluding carboxylic acids is 1. The average Bonchev–Trinajstić information content (AvgIpc) is 3.09. The Hall–Kier alpha value is -1.70. The number of nitrogens with one attached hydrogen (secondary N) is 1. The average molecular weight is 310 g/mol. The van der Waals surface area contributed by atoms with Gasteiger partial charge in [0.1, 0.15) is 17.8 Å². The van der Waals surface area contributed by atoms with Crippen LogP contribution in [0.5, 0.6) is 0 Å². The normalized spacial score (nSPS) is 24.2. The van der Waals surface area contributed by atoms with Gasteiger partial charge in [0, 0.05) is 25.2 Å². The lowest BCUT2D eigenvalue weighted by Crippen LogP contribution is -2.36. The predicted molar refractivity (Wildman–Crippen MR) is 78.0 cm³/mol. The number of anilines is 1. The third kappa shape index (κ3) is 3.31. The second kappa shape index (κ2) is 5.59. The Kier molecular flexibility index (Phi) is 3.79. The van der Waals surface area contributed by atoms with E-state index in [-0.39, 0.29) is 29.1 Å². The Morgan fingerprint density at radius 2 is 2.05 bits per heavy atom. The summed E-state index contributed by atoms with van der Waals surface area (Å²) < 4.78 is 22.8. The molecule has 3 heterocycles. The van der Waals surface area contributed by atoms with Gasteiger partial charge in [0.15, 0.2) is 9.84 Å². The zero-order valence-corrected chi connectivity index (χ0v) is 12.5. The molecule has 1 atom stereocenters. The second-order valence-corrected chi connectivity index (χ2v) is 7.76. The summed E-state index contributed by atoms with van der Waals surface area (Å²) in [5.74, 6) is 0.579. The summed E-state index contributed by atoms with van der Waals surface area (Å²) in [5, 5.41) is 2.74. The molecule has 2 aliphatic rings. The molecule has 2 aliphatic heterocycles. The van der Waals surface area contributed by atoms with Crippen molar-refractivity contribution in [2.45, 2.75) is 25.3 Å². The summed E-state index contributed by atoms with van der Waals surface area (Å²) >= 11 is 0. The van der Waals surface area contributed by atoms with Crippen LogP contribution in [-0.2, 0) is 9.84 Å². The monoisotopic (exact) mass is 310 g/mol. The number of carbonyl (C=O) groups is 1. The molecule has 8 heteroatoms. The summed E-state index contributed by atoms with van der Waals surface area (Å²) in [7, 11) is -3.00. The van der Waals surface area contributed by atoms with Crippen LogP contribution in [0.3, 0.4) is 0 Å². The maximum absolute atomic E-state index is 12.2. The second-order valence-electron chi connectivity index (χ2n) is 5.53. The first-order valence-corrected chi connectivity index (χ1v) is 8.94. The number of hydrogen-bond acceptors (Lipinski definition) is 6. The lowest BCUT2D eigenvalue weighted by molar-refractivity contribution is 0.0936. The first kappa shape index (κ1) is 14.2. The Labute approximate surface area is 123 Å². The summed E-state index contributed by atoms with van der Waals surface area (Å²) in [6.45, 7) is 1.89. The van der Waals surface area contributed by atoms with E-state index in [4.69, 9.17) is 0 Å². The molecule has 0 unspecified atom stereocenters. The molecule has 0 aliphatic carbocycles. The molecule has 0 saturated carbocycles. The fourth-order valence-electron chi connectivity index (χ4n) is 2.76. The van der Waals surface area contributed by atoms with E-state index in [1.54, 1.807) is 6.07 Å². The molecule has 1 aromatic rings. The van der Waals surface area contributed by atoms with E-state index in [0.29, 0.717) is 6.42 Å². The molecule has 1 N–H and O–H groups in total. The van der Waals surface area contributed by atoms with E-state index >= 15 is 0 Å². The lowest BCUT2D eigenvalue weighted by Gasteiger charge is -2.16. The van der Waals surface area contributed by atoms with E-state index in [2.05, 4.69) is 20.2 Å². The standard InChI is InChI=1S/C13H18N4O3S/c18-13(16-10-3-6-21(19,20)8-10)11-7-12(15-9-14-11)17-4-1-2-5-17/h7,9-10H,1-6,8H2,(H,16,18)/t10-/m0/s1. The highest BCUT2D eigenvalue weighted by Crippen LogP contribution is 2.18. The Morgan fingerprint density at radius 3 is 2.71 bits per heavy atom. The number of sulfone groups is 1. The highest BCUT2D eigenvalue weighted by molar-refractivity contribution is 7.91. The highest BCUT2D eigenvalue weighted by atomic mass is 32.2. The fraction of sp³-hybridized carbons (Fsp3) is 0.615. The first-order valence-electron chi connectivity index (χ1n) is 7.12. The zero-order chi connectivity index (χ0) is 14.9. The number of rotatable bonds is 3. The third-order valence-electron chi connectivity index (χ3n) is 3.88. The predicted octanol–water partition coefficient (Wildman–Crippen LogP) is -0.00630. The molecule has 114 valence electrons. The van der Waals surface area contributed by atoms with Gasteiger partial charge in [0.05, 0.1) is 11.5 Å². The summed E-state index contributed by atoms with van der Waals surface area (Å²) in [5.41, 5.74) is 0.288. The molecule has 0 aromatic carbocycles. The van der Waals surface area contributed by atoms with Crippen LogP contribution < -0.4 is 10.2 Å². The van der Waals surface area contributed by atoms with E-state index in [0.717, 1.165) is 31.7 Å². The van der Waals surface area contributed by atoms with Gasteiger partial charge in [0.25, 0.3) is 5.91 Å². The van der Waals surface area contributed by atoms with Crippen molar-refractivity contribution in [1.29, 1.82) is 0 Å². The molecule has 3 rings (SSSR count). The Bertz CT molecular complexity index is 641. The number of nitrogens with zero attached hydrogens (tertiary/aromatic N) is 3. The van der Waals surface area contributed by atoms with Gasteiger partial charge in [0.2, 0.25) is 0 Å². The van der Waals surface area contributed by atoms with Crippen LogP contribution >= 0.6 is 0 Å². The van der Waals surface area contributed by atoms with Crippen LogP contribution in [0, 0.1) is 0 Å². The Balaban J connectivity index is 1.68. The molecule has 0 bridgehead atoms. The molecule has 0 radical (unpaired) electrons. The molecule has 7 nitrogen and oxygen atoms in total. The van der Waals surface area contributed by atoms with Crippen molar-refractivity contribution in [3.05, 3.63) is 18.1 Å². The van der Waals surface area contributed by atoms with Crippen molar-refractivity contribution in [3.8, 4) is 0 Å². The lowest BCUT2D eigenvalue weighted by atomic mass is 10.2. The third-order valence-corrected chi connectivity index (χ3v) is 5.65. The first-order chi connectivity index (χ1) is 10.0. The molecular weight excluding hydrogens is 292 g/mol. The molecule has 2 saturated heterocycles. The SMILES string of the molecule is O=C(N[C@H]1CCS(=O)(=O)C1)c1cc(N2CCCC2)ncn1. The molecular formula is C13H18N4O3S. The van der Waals surface area contributed by atoms with Crippen LogP contribution in [0.2, 0.25) is 0 Å². The number of aromatic nitrogens is 2. The van der Waals surface area contributed by atoms with Crippen molar-refractivity contribution in [1.82, 2.24) is 15.3 Å². The minimum absolute atomic E-state index is 0.0167. The summed E-state index contributed by atoms with van der Waals surface area (Å²) in [4.78, 5) is 22.5. The van der Waals surface area contributed by atoms with Crippen molar-refractivity contribution >= 4 is 21.6 Å². The van der Waals surface area contributed by atoms with Gasteiger partial charge in [-0.2, -0.15) is 0 Å². The quantitative estimate of drug-likeness (QED) is 0.844. The maximum Gasteiger partial charge on any atom is 0.270 e. The highest BCUT2D eigenvalue weighted by Gasteiger charge is 2.29. The molecule has 1 amide bonds. The zero-order valence-electron chi connectivity index (χ0n) is 11.7. The van der Waals surface area contributed by atoms with E-state index < -0.39 is 9.84 Å². The summed E-state index contributed by atoms with van der Waals surface area (Å²) in [6, 6.07) is 1.36. The summed E-state index contributed by atoms with van der Waals surface area (Å²) in [6.07, 6.45) is 4.11. The van der Waals surface area contributed by atoms with Gasteiger partial charge >= 0.3 is 0 Å². The molecule has 1 aromatic heterocycles. The van der Waals surface area contributed by atoms with Gasteiger partial charge < -0.3 is 10.2 Å². The van der Waals surface area contributed by atoms with Crippen LogP contribution in [0.4, 0.5) is 5.82 Å². The van der Waals surface area contributed by atoms with E-state index in [9.17, 15) is 13.2 Å². The van der Waals surface area contributed by atoms with Crippen LogP contribution in [0.25, 0.3) is 0 Å². The Morgan fingerprint density at radius 1 is 1.29 bits per heavy atom. The minimum Gasteiger partial charge on any atom is -0.357 e. The topological polar surface area (TPSA) is 92.3 Å². The van der Waals surface area contributed by atoms with Gasteiger partial charge in [-0.25, -0.2) is 18.4 Å². The van der Waals surface area contributed by atoms with Gasteiger partial charge in [-0.1, -0.05) is 0 Å². The van der Waals surface area contributed by atoms with Crippen molar-refractivity contribution in [2.24, 2.45) is 0 Å². The maximum atomic E-state index is 12.2. The number of hydrogen-bond donors (Lipinski definition) is 1. The van der Waals surface area contributed by atoms with Crippen molar-refractivity contribution < 1.29 is 13.2 Å². The van der Waals surface area contributed by atoms with E-state index in [1.165, 1.54) is 6.33 Å². The van der Waals surface area contributed by atoms with Gasteiger partial charge in [-0.15, -0.1) is 0 Å². The van der Waals surface area contributed by atoms with Crippen LogP contribution in [-0.4, -0.2) is 54.9 Å². The van der Waals surface area contributed by atoms with Crippen LogP contribution in [0.1, 0.15) is 29.8 Å². The molecule has 2 fully saturated rings. The van der Waals surface area contributed by atoms with Gasteiger partial charge in [-0.3, -0.25) is 4.79 Å². The largest absolute Gasteiger partial charge is 0.357 e. The fourth-order valence-corrected chi connectivity index (χ4v) is 4.43. The van der Waals surface area contributed by atoms with Gasteiger partial charge in [-0.05, 0) is 19.3 Å². The molecule has 21 heavy (non-hydrogen) atoms. The van der Waals surface area contributed by atoms with Crippen molar-refractivity contribution in [3.63, 3.8) is 0 Å². The minimum atomic E-state index is -3.00. The van der Waals surface area contributed by atoms with E-state index in [1.807, 2.05) is 0 Å². The number of amides is 1. The smallest absolute Gasteiger partial charge is 0.270 e. The van der Waals surface area contributed by atoms with Crippen LogP contribution in [0.15, 0.2) is 12.4 Å². The van der Waals surface area contributed by atoms with Crippen molar-refractivity contribution in [2.75, 3.05) is 29.5 Å². The molecule has 0 spiro atoms.